The van der Waals surface area contributed by atoms with E-state index in [1.807, 2.05) is 30.3 Å². The Kier molecular flexibility index (Phi) is 4.24. The van der Waals surface area contributed by atoms with Crippen molar-refractivity contribution in [3.63, 3.8) is 0 Å². The molecule has 1 amide bonds. The monoisotopic (exact) mass is 333 g/mol. The van der Waals surface area contributed by atoms with E-state index in [0.717, 1.165) is 29.8 Å². The number of amides is 1. The van der Waals surface area contributed by atoms with Crippen molar-refractivity contribution in [1.29, 1.82) is 0 Å². The standard InChI is InChI=1S/C19H19N5O/c25-19(23-15-8-4-6-14-7-5-9-20-18(14)15)16-12-22-17(13-21-16)24-10-2-1-3-11-24/h4-9,12-13H,1-3,10-11H2,(H,23,25). The minimum absolute atomic E-state index is 0.282. The number of fused-ring (bicyclic) bond motifs is 1. The largest absolute Gasteiger partial charge is 0.355 e. The Balaban J connectivity index is 1.52. The highest BCUT2D eigenvalue weighted by Crippen LogP contribution is 2.21. The summed E-state index contributed by atoms with van der Waals surface area (Å²) < 4.78 is 0. The second-order valence-corrected chi connectivity index (χ2v) is 6.14. The van der Waals surface area contributed by atoms with Crippen LogP contribution >= 0.6 is 0 Å². The lowest BCUT2D eigenvalue weighted by Crippen LogP contribution is -2.30. The Morgan fingerprint density at radius 1 is 0.960 bits per heavy atom. The third-order valence-corrected chi connectivity index (χ3v) is 4.43. The first kappa shape index (κ1) is 15.5. The molecule has 3 aromatic rings. The zero-order chi connectivity index (χ0) is 17.1. The Labute approximate surface area is 145 Å². The van der Waals surface area contributed by atoms with Gasteiger partial charge in [0, 0.05) is 24.7 Å². The Morgan fingerprint density at radius 3 is 2.60 bits per heavy atom. The molecular formula is C19H19N5O. The smallest absolute Gasteiger partial charge is 0.275 e. The number of piperidine rings is 1. The van der Waals surface area contributed by atoms with Crippen molar-refractivity contribution in [2.75, 3.05) is 23.3 Å². The van der Waals surface area contributed by atoms with Gasteiger partial charge in [-0.3, -0.25) is 9.78 Å². The SMILES string of the molecule is O=C(Nc1cccc2cccnc12)c1cnc(N2CCCCC2)cn1. The van der Waals surface area contributed by atoms with Gasteiger partial charge in [0.25, 0.3) is 5.91 Å². The molecule has 1 fully saturated rings. The third-order valence-electron chi connectivity index (χ3n) is 4.43. The van der Waals surface area contributed by atoms with Crippen LogP contribution in [0.15, 0.2) is 48.9 Å². The lowest BCUT2D eigenvalue weighted by molar-refractivity contribution is 0.102. The van der Waals surface area contributed by atoms with Gasteiger partial charge in [-0.2, -0.15) is 0 Å². The van der Waals surface area contributed by atoms with Crippen LogP contribution in [0.2, 0.25) is 0 Å². The molecule has 0 atom stereocenters. The molecule has 1 aliphatic rings. The van der Waals surface area contributed by atoms with Gasteiger partial charge < -0.3 is 10.2 Å². The first-order chi connectivity index (χ1) is 12.3. The van der Waals surface area contributed by atoms with Crippen molar-refractivity contribution >= 4 is 28.3 Å². The summed E-state index contributed by atoms with van der Waals surface area (Å²) in [7, 11) is 0. The second-order valence-electron chi connectivity index (χ2n) is 6.14. The fraction of sp³-hybridized carbons (Fsp3) is 0.263. The van der Waals surface area contributed by atoms with Crippen molar-refractivity contribution in [3.05, 3.63) is 54.6 Å². The number of nitrogens with zero attached hydrogens (tertiary/aromatic N) is 4. The summed E-state index contributed by atoms with van der Waals surface area (Å²) in [5.41, 5.74) is 1.73. The van der Waals surface area contributed by atoms with E-state index >= 15 is 0 Å². The molecule has 0 aliphatic carbocycles. The van der Waals surface area contributed by atoms with Gasteiger partial charge in [0.2, 0.25) is 0 Å². The zero-order valence-electron chi connectivity index (χ0n) is 13.9. The fourth-order valence-corrected chi connectivity index (χ4v) is 3.12. The van der Waals surface area contributed by atoms with Gasteiger partial charge in [0.15, 0.2) is 0 Å². The summed E-state index contributed by atoms with van der Waals surface area (Å²) in [5.74, 6) is 0.555. The van der Waals surface area contributed by atoms with Gasteiger partial charge >= 0.3 is 0 Å². The lowest BCUT2D eigenvalue weighted by Gasteiger charge is -2.27. The summed E-state index contributed by atoms with van der Waals surface area (Å²) in [6, 6.07) is 9.53. The number of hydrogen-bond donors (Lipinski definition) is 1. The Bertz CT molecular complexity index is 882. The third kappa shape index (κ3) is 3.28. The van der Waals surface area contributed by atoms with E-state index < -0.39 is 0 Å². The number of nitrogens with one attached hydrogen (secondary N) is 1. The van der Waals surface area contributed by atoms with Gasteiger partial charge in [-0.05, 0) is 31.4 Å². The predicted molar refractivity (Wildman–Crippen MR) is 97.8 cm³/mol. The summed E-state index contributed by atoms with van der Waals surface area (Å²) in [5, 5.41) is 3.86. The lowest BCUT2D eigenvalue weighted by atomic mass is 10.1. The van der Waals surface area contributed by atoms with E-state index in [2.05, 4.69) is 25.2 Å². The fourth-order valence-electron chi connectivity index (χ4n) is 3.12. The number of carbonyl (C=O) groups excluding carboxylic acids is 1. The van der Waals surface area contributed by atoms with E-state index in [4.69, 9.17) is 0 Å². The van der Waals surface area contributed by atoms with Crippen molar-refractivity contribution in [2.45, 2.75) is 19.3 Å². The first-order valence-electron chi connectivity index (χ1n) is 8.53. The van der Waals surface area contributed by atoms with Gasteiger partial charge in [0.1, 0.15) is 11.5 Å². The molecule has 25 heavy (non-hydrogen) atoms. The summed E-state index contributed by atoms with van der Waals surface area (Å²) >= 11 is 0. The number of aromatic nitrogens is 3. The highest BCUT2D eigenvalue weighted by Gasteiger charge is 2.15. The number of hydrogen-bond acceptors (Lipinski definition) is 5. The topological polar surface area (TPSA) is 71.0 Å². The predicted octanol–water partition coefficient (Wildman–Crippen LogP) is 3.27. The first-order valence-corrected chi connectivity index (χ1v) is 8.53. The maximum atomic E-state index is 12.5. The van der Waals surface area contributed by atoms with Crippen LogP contribution in [0.25, 0.3) is 10.9 Å². The number of para-hydroxylation sites is 1. The molecule has 1 aliphatic heterocycles. The molecule has 0 bridgehead atoms. The minimum atomic E-state index is -0.282. The number of carbonyl (C=O) groups is 1. The van der Waals surface area contributed by atoms with Crippen LogP contribution in [0.1, 0.15) is 29.8 Å². The van der Waals surface area contributed by atoms with E-state index in [0.29, 0.717) is 11.4 Å². The van der Waals surface area contributed by atoms with Gasteiger partial charge in [-0.25, -0.2) is 9.97 Å². The summed E-state index contributed by atoms with van der Waals surface area (Å²) in [4.78, 5) is 27.8. The average molecular weight is 333 g/mol. The average Bonchev–Trinajstić information content (AvgIpc) is 2.69. The summed E-state index contributed by atoms with van der Waals surface area (Å²) in [6.07, 6.45) is 8.56. The van der Waals surface area contributed by atoms with Crippen molar-refractivity contribution in [1.82, 2.24) is 15.0 Å². The molecule has 6 nitrogen and oxygen atoms in total. The molecule has 6 heteroatoms. The molecule has 1 N–H and O–H groups in total. The molecule has 0 spiro atoms. The molecule has 1 aromatic carbocycles. The number of anilines is 2. The van der Waals surface area contributed by atoms with E-state index in [-0.39, 0.29) is 5.91 Å². The van der Waals surface area contributed by atoms with Crippen molar-refractivity contribution < 1.29 is 4.79 Å². The molecule has 1 saturated heterocycles. The second kappa shape index (κ2) is 6.84. The van der Waals surface area contributed by atoms with Crippen LogP contribution in [-0.2, 0) is 0 Å². The van der Waals surface area contributed by atoms with Crippen LogP contribution in [-0.4, -0.2) is 33.9 Å². The quantitative estimate of drug-likeness (QED) is 0.796. The molecule has 4 rings (SSSR count). The van der Waals surface area contributed by atoms with Crippen LogP contribution in [0.5, 0.6) is 0 Å². The molecule has 126 valence electrons. The van der Waals surface area contributed by atoms with Crippen molar-refractivity contribution in [2.24, 2.45) is 0 Å². The zero-order valence-corrected chi connectivity index (χ0v) is 13.9. The molecule has 2 aromatic heterocycles. The van der Waals surface area contributed by atoms with Gasteiger partial charge in [-0.1, -0.05) is 18.2 Å². The summed E-state index contributed by atoms with van der Waals surface area (Å²) in [6.45, 7) is 2.00. The highest BCUT2D eigenvalue weighted by atomic mass is 16.1. The number of pyridine rings is 1. The number of benzene rings is 1. The van der Waals surface area contributed by atoms with E-state index in [9.17, 15) is 4.79 Å². The van der Waals surface area contributed by atoms with Crippen molar-refractivity contribution in [3.8, 4) is 0 Å². The van der Waals surface area contributed by atoms with Crippen LogP contribution in [0, 0.1) is 0 Å². The molecule has 3 heterocycles. The molecule has 0 unspecified atom stereocenters. The maximum absolute atomic E-state index is 12.5. The Hall–Kier alpha value is -3.02. The van der Waals surface area contributed by atoms with Crippen LogP contribution in [0.4, 0.5) is 11.5 Å². The van der Waals surface area contributed by atoms with Gasteiger partial charge in [-0.15, -0.1) is 0 Å². The molecule has 0 saturated carbocycles. The molecular weight excluding hydrogens is 314 g/mol. The minimum Gasteiger partial charge on any atom is -0.355 e. The van der Waals surface area contributed by atoms with Crippen LogP contribution < -0.4 is 10.2 Å². The normalized spacial score (nSPS) is 14.5. The Morgan fingerprint density at radius 2 is 1.80 bits per heavy atom. The highest BCUT2D eigenvalue weighted by molar-refractivity contribution is 6.07. The van der Waals surface area contributed by atoms with E-state index in [1.165, 1.54) is 25.5 Å². The maximum Gasteiger partial charge on any atom is 0.275 e. The molecule has 0 radical (unpaired) electrons. The number of rotatable bonds is 3. The van der Waals surface area contributed by atoms with E-state index in [1.54, 1.807) is 12.4 Å². The van der Waals surface area contributed by atoms with Gasteiger partial charge in [0.05, 0.1) is 23.6 Å². The van der Waals surface area contributed by atoms with Crippen LogP contribution in [0.3, 0.4) is 0 Å².